The summed E-state index contributed by atoms with van der Waals surface area (Å²) in [4.78, 5) is 13.4. The minimum atomic E-state index is 0.185. The number of fused-ring (bicyclic) bond motifs is 1. The van der Waals surface area contributed by atoms with Gasteiger partial charge in [-0.05, 0) is 30.9 Å². The van der Waals surface area contributed by atoms with Crippen LogP contribution < -0.4 is 4.74 Å². The highest BCUT2D eigenvalue weighted by Crippen LogP contribution is 2.36. The fourth-order valence-corrected chi connectivity index (χ4v) is 2.19. The summed E-state index contributed by atoms with van der Waals surface area (Å²) in [5.41, 5.74) is 2.41. The first kappa shape index (κ1) is 12.0. The molecular formula is C14H19NO2. The Morgan fingerprint density at radius 3 is 2.94 bits per heavy atom. The topological polar surface area (TPSA) is 29.5 Å². The second-order valence-electron chi connectivity index (χ2n) is 4.87. The van der Waals surface area contributed by atoms with E-state index in [1.54, 1.807) is 19.0 Å². The SMILES string of the molecule is Cc1ccc2c(c1)[C@@H](CC(=O)N(C)C)CCO2. The number of benzene rings is 1. The molecule has 0 aromatic heterocycles. The van der Waals surface area contributed by atoms with Gasteiger partial charge in [-0.15, -0.1) is 0 Å². The summed E-state index contributed by atoms with van der Waals surface area (Å²) in [5.74, 6) is 1.43. The van der Waals surface area contributed by atoms with E-state index in [9.17, 15) is 4.79 Å². The van der Waals surface area contributed by atoms with Crippen molar-refractivity contribution in [3.05, 3.63) is 29.3 Å². The molecule has 0 N–H and O–H groups in total. The number of carbonyl (C=O) groups is 1. The Kier molecular flexibility index (Phi) is 3.36. The van der Waals surface area contributed by atoms with Crippen molar-refractivity contribution < 1.29 is 9.53 Å². The highest BCUT2D eigenvalue weighted by molar-refractivity contribution is 5.76. The van der Waals surface area contributed by atoms with Crippen molar-refractivity contribution in [2.24, 2.45) is 0 Å². The quantitative estimate of drug-likeness (QED) is 0.784. The van der Waals surface area contributed by atoms with E-state index in [0.29, 0.717) is 18.9 Å². The zero-order valence-corrected chi connectivity index (χ0v) is 10.7. The van der Waals surface area contributed by atoms with E-state index < -0.39 is 0 Å². The number of hydrogen-bond acceptors (Lipinski definition) is 2. The summed E-state index contributed by atoms with van der Waals surface area (Å²) in [6.07, 6.45) is 1.50. The van der Waals surface area contributed by atoms with Crippen LogP contribution in [0.1, 0.15) is 29.9 Å². The maximum atomic E-state index is 11.8. The van der Waals surface area contributed by atoms with Crippen LogP contribution in [0.5, 0.6) is 5.75 Å². The van der Waals surface area contributed by atoms with Crippen molar-refractivity contribution in [3.8, 4) is 5.75 Å². The van der Waals surface area contributed by atoms with E-state index >= 15 is 0 Å². The Hall–Kier alpha value is -1.51. The molecule has 1 aromatic rings. The second-order valence-corrected chi connectivity index (χ2v) is 4.87. The van der Waals surface area contributed by atoms with Gasteiger partial charge in [0.15, 0.2) is 0 Å². The fraction of sp³-hybridized carbons (Fsp3) is 0.500. The van der Waals surface area contributed by atoms with E-state index in [0.717, 1.165) is 12.2 Å². The molecular weight excluding hydrogens is 214 g/mol. The molecule has 3 nitrogen and oxygen atoms in total. The summed E-state index contributed by atoms with van der Waals surface area (Å²) in [6, 6.07) is 6.20. The first-order chi connectivity index (χ1) is 8.08. The molecule has 1 amide bonds. The number of amides is 1. The first-order valence-corrected chi connectivity index (χ1v) is 6.01. The molecule has 1 atom stereocenters. The van der Waals surface area contributed by atoms with Gasteiger partial charge >= 0.3 is 0 Å². The summed E-state index contributed by atoms with van der Waals surface area (Å²) in [7, 11) is 3.61. The number of ether oxygens (including phenoxy) is 1. The smallest absolute Gasteiger partial charge is 0.222 e. The summed E-state index contributed by atoms with van der Waals surface area (Å²) >= 11 is 0. The summed E-state index contributed by atoms with van der Waals surface area (Å²) in [6.45, 7) is 2.78. The normalized spacial score (nSPS) is 18.2. The highest BCUT2D eigenvalue weighted by atomic mass is 16.5. The zero-order valence-electron chi connectivity index (χ0n) is 10.7. The predicted octanol–water partition coefficient (Wildman–Crippen LogP) is 2.34. The maximum Gasteiger partial charge on any atom is 0.222 e. The minimum absolute atomic E-state index is 0.185. The Morgan fingerprint density at radius 1 is 1.47 bits per heavy atom. The highest BCUT2D eigenvalue weighted by Gasteiger charge is 2.24. The van der Waals surface area contributed by atoms with Gasteiger partial charge in [-0.3, -0.25) is 4.79 Å². The minimum Gasteiger partial charge on any atom is -0.493 e. The number of carbonyl (C=O) groups excluding carboxylic acids is 1. The molecule has 0 fully saturated rings. The molecule has 1 heterocycles. The lowest BCUT2D eigenvalue weighted by molar-refractivity contribution is -0.129. The van der Waals surface area contributed by atoms with Crippen LogP contribution in [0, 0.1) is 6.92 Å². The average Bonchev–Trinajstić information content (AvgIpc) is 2.29. The number of aryl methyl sites for hydroxylation is 1. The van der Waals surface area contributed by atoms with Gasteiger partial charge in [0.1, 0.15) is 5.75 Å². The van der Waals surface area contributed by atoms with Crippen LogP contribution >= 0.6 is 0 Å². The van der Waals surface area contributed by atoms with Crippen LogP contribution in [0.4, 0.5) is 0 Å². The number of nitrogens with zero attached hydrogens (tertiary/aromatic N) is 1. The molecule has 0 aliphatic carbocycles. The lowest BCUT2D eigenvalue weighted by Crippen LogP contribution is -2.25. The lowest BCUT2D eigenvalue weighted by atomic mass is 9.89. The van der Waals surface area contributed by atoms with Crippen molar-refractivity contribution in [1.29, 1.82) is 0 Å². The van der Waals surface area contributed by atoms with Gasteiger partial charge in [-0.25, -0.2) is 0 Å². The molecule has 3 heteroatoms. The van der Waals surface area contributed by atoms with E-state index in [-0.39, 0.29) is 5.91 Å². The molecule has 1 aromatic carbocycles. The van der Waals surface area contributed by atoms with Crippen LogP contribution in [-0.2, 0) is 4.79 Å². The molecule has 0 spiro atoms. The van der Waals surface area contributed by atoms with Crippen LogP contribution in [0.25, 0.3) is 0 Å². The van der Waals surface area contributed by atoms with E-state index in [4.69, 9.17) is 4.74 Å². The molecule has 0 radical (unpaired) electrons. The van der Waals surface area contributed by atoms with Gasteiger partial charge in [-0.1, -0.05) is 17.7 Å². The Bertz CT molecular complexity index is 426. The average molecular weight is 233 g/mol. The molecule has 1 aliphatic heterocycles. The Labute approximate surface area is 102 Å². The molecule has 0 unspecified atom stereocenters. The van der Waals surface area contributed by atoms with E-state index in [2.05, 4.69) is 19.1 Å². The van der Waals surface area contributed by atoms with Crippen LogP contribution in [0.3, 0.4) is 0 Å². The predicted molar refractivity (Wildman–Crippen MR) is 67.3 cm³/mol. The molecule has 17 heavy (non-hydrogen) atoms. The maximum absolute atomic E-state index is 11.8. The van der Waals surface area contributed by atoms with Crippen LogP contribution in [0.2, 0.25) is 0 Å². The third-order valence-corrected chi connectivity index (χ3v) is 3.25. The van der Waals surface area contributed by atoms with Crippen molar-refractivity contribution in [2.45, 2.75) is 25.7 Å². The summed E-state index contributed by atoms with van der Waals surface area (Å²) < 4.78 is 5.63. The molecule has 1 aliphatic rings. The second kappa shape index (κ2) is 4.78. The Balaban J connectivity index is 2.22. The largest absolute Gasteiger partial charge is 0.493 e. The Morgan fingerprint density at radius 2 is 2.24 bits per heavy atom. The zero-order chi connectivity index (χ0) is 12.4. The molecule has 0 saturated carbocycles. The van der Waals surface area contributed by atoms with Gasteiger partial charge in [0.2, 0.25) is 5.91 Å². The lowest BCUT2D eigenvalue weighted by Gasteiger charge is -2.26. The number of rotatable bonds is 2. The monoisotopic (exact) mass is 233 g/mol. The standard InChI is InChI=1S/C14H19NO2/c1-10-4-5-13-12(8-10)11(6-7-17-13)9-14(16)15(2)3/h4-5,8,11H,6-7,9H2,1-3H3/t11-/m1/s1. The fourth-order valence-electron chi connectivity index (χ4n) is 2.19. The van der Waals surface area contributed by atoms with Crippen LogP contribution in [-0.4, -0.2) is 31.5 Å². The van der Waals surface area contributed by atoms with Crippen molar-refractivity contribution in [3.63, 3.8) is 0 Å². The van der Waals surface area contributed by atoms with Crippen molar-refractivity contribution in [1.82, 2.24) is 4.90 Å². The van der Waals surface area contributed by atoms with E-state index in [1.807, 2.05) is 6.07 Å². The van der Waals surface area contributed by atoms with Gasteiger partial charge in [0, 0.05) is 20.5 Å². The third-order valence-electron chi connectivity index (χ3n) is 3.25. The molecule has 2 rings (SSSR count). The molecule has 0 bridgehead atoms. The van der Waals surface area contributed by atoms with Gasteiger partial charge in [0.05, 0.1) is 6.61 Å². The van der Waals surface area contributed by atoms with Crippen molar-refractivity contribution >= 4 is 5.91 Å². The molecule has 0 saturated heterocycles. The van der Waals surface area contributed by atoms with Crippen molar-refractivity contribution in [2.75, 3.05) is 20.7 Å². The van der Waals surface area contributed by atoms with Crippen LogP contribution in [0.15, 0.2) is 18.2 Å². The first-order valence-electron chi connectivity index (χ1n) is 6.01. The van der Waals surface area contributed by atoms with E-state index in [1.165, 1.54) is 11.1 Å². The van der Waals surface area contributed by atoms with Gasteiger partial charge in [0.25, 0.3) is 0 Å². The van der Waals surface area contributed by atoms with Gasteiger partial charge in [-0.2, -0.15) is 0 Å². The van der Waals surface area contributed by atoms with Gasteiger partial charge < -0.3 is 9.64 Å². The summed E-state index contributed by atoms with van der Waals surface area (Å²) in [5, 5.41) is 0. The molecule has 92 valence electrons. The number of hydrogen-bond donors (Lipinski definition) is 0. The third kappa shape index (κ3) is 2.60.